The van der Waals surface area contributed by atoms with Crippen LogP contribution in [0.2, 0.25) is 0 Å². The molecule has 0 bridgehead atoms. The van der Waals surface area contributed by atoms with Crippen molar-refractivity contribution in [3.8, 4) is 5.75 Å². The van der Waals surface area contributed by atoms with E-state index in [0.29, 0.717) is 11.5 Å². The van der Waals surface area contributed by atoms with Crippen LogP contribution >= 0.6 is 0 Å². The van der Waals surface area contributed by atoms with Gasteiger partial charge in [-0.2, -0.15) is 0 Å². The zero-order valence-electron chi connectivity index (χ0n) is 14.5. The summed E-state index contributed by atoms with van der Waals surface area (Å²) in [6.45, 7) is -0.498. The second-order valence-electron chi connectivity index (χ2n) is 5.62. The molecular weight excluding hydrogens is 372 g/mol. The van der Waals surface area contributed by atoms with E-state index in [1.807, 2.05) is 18.2 Å². The van der Waals surface area contributed by atoms with Crippen molar-refractivity contribution in [2.45, 2.75) is 6.61 Å². The predicted octanol–water partition coefficient (Wildman–Crippen LogP) is 3.93. The van der Waals surface area contributed by atoms with E-state index in [2.05, 4.69) is 5.32 Å². The minimum absolute atomic E-state index is 0.0401. The Hall–Kier alpha value is -3.68. The number of esters is 1. The van der Waals surface area contributed by atoms with E-state index in [1.54, 1.807) is 18.2 Å². The Kier molecular flexibility index (Phi) is 6.01. The molecule has 0 fully saturated rings. The Bertz CT molecular complexity index is 972. The average Bonchev–Trinajstić information content (AvgIpc) is 3.17. The third kappa shape index (κ3) is 5.16. The van der Waals surface area contributed by atoms with Gasteiger partial charge < -0.3 is 19.2 Å². The van der Waals surface area contributed by atoms with E-state index < -0.39 is 30.1 Å². The van der Waals surface area contributed by atoms with E-state index in [1.165, 1.54) is 12.1 Å². The maximum absolute atomic E-state index is 13.1. The summed E-state index contributed by atoms with van der Waals surface area (Å²) < 4.78 is 41.6. The van der Waals surface area contributed by atoms with E-state index in [-0.39, 0.29) is 18.1 Å². The summed E-state index contributed by atoms with van der Waals surface area (Å²) in [6.07, 6.45) is 0. The number of rotatable bonds is 7. The van der Waals surface area contributed by atoms with Crippen LogP contribution in [0.25, 0.3) is 0 Å². The van der Waals surface area contributed by atoms with Crippen molar-refractivity contribution in [3.63, 3.8) is 0 Å². The normalized spacial score (nSPS) is 10.4. The number of anilines is 1. The molecule has 0 radical (unpaired) electrons. The van der Waals surface area contributed by atoms with Gasteiger partial charge in [0.25, 0.3) is 5.91 Å². The van der Waals surface area contributed by atoms with E-state index in [4.69, 9.17) is 13.9 Å². The third-order valence-electron chi connectivity index (χ3n) is 3.52. The Morgan fingerprint density at radius 2 is 1.75 bits per heavy atom. The van der Waals surface area contributed by atoms with Crippen molar-refractivity contribution >= 4 is 17.6 Å². The Labute approximate surface area is 158 Å². The molecule has 0 aliphatic carbocycles. The molecule has 144 valence electrons. The lowest BCUT2D eigenvalue weighted by Crippen LogP contribution is -2.20. The number of benzene rings is 2. The van der Waals surface area contributed by atoms with Gasteiger partial charge in [0.15, 0.2) is 18.2 Å². The Morgan fingerprint density at radius 1 is 0.964 bits per heavy atom. The van der Waals surface area contributed by atoms with Crippen molar-refractivity contribution < 1.29 is 32.3 Å². The molecule has 0 atom stereocenters. The van der Waals surface area contributed by atoms with Gasteiger partial charge in [-0.05, 0) is 36.4 Å². The molecule has 0 saturated carbocycles. The quantitative estimate of drug-likeness (QED) is 0.622. The predicted molar refractivity (Wildman–Crippen MR) is 94.8 cm³/mol. The Balaban J connectivity index is 1.47. The van der Waals surface area contributed by atoms with Gasteiger partial charge in [0, 0.05) is 11.8 Å². The number of para-hydroxylation sites is 1. The highest BCUT2D eigenvalue weighted by Crippen LogP contribution is 2.15. The van der Waals surface area contributed by atoms with Crippen LogP contribution in [0.5, 0.6) is 5.75 Å². The molecule has 1 heterocycles. The largest absolute Gasteiger partial charge is 0.486 e. The third-order valence-corrected chi connectivity index (χ3v) is 3.52. The molecule has 8 heteroatoms. The lowest BCUT2D eigenvalue weighted by molar-refractivity contribution is -0.119. The number of hydrogen-bond donors (Lipinski definition) is 1. The summed E-state index contributed by atoms with van der Waals surface area (Å²) in [7, 11) is 0. The molecule has 3 rings (SSSR count). The molecule has 6 nitrogen and oxygen atoms in total. The number of ether oxygens (including phenoxy) is 2. The lowest BCUT2D eigenvalue weighted by Gasteiger charge is -2.06. The number of amides is 1. The van der Waals surface area contributed by atoms with Gasteiger partial charge in [-0.1, -0.05) is 18.2 Å². The van der Waals surface area contributed by atoms with Crippen molar-refractivity contribution in [2.75, 3.05) is 11.9 Å². The van der Waals surface area contributed by atoms with Gasteiger partial charge in [0.2, 0.25) is 5.76 Å². The zero-order valence-corrected chi connectivity index (χ0v) is 14.5. The molecular formula is C20H15F2NO5. The molecule has 1 N–H and O–H groups in total. The van der Waals surface area contributed by atoms with Gasteiger partial charge >= 0.3 is 5.97 Å². The first-order valence-electron chi connectivity index (χ1n) is 8.20. The number of carbonyl (C=O) groups is 2. The molecule has 0 aliphatic rings. The molecule has 0 spiro atoms. The summed E-state index contributed by atoms with van der Waals surface area (Å²) >= 11 is 0. The van der Waals surface area contributed by atoms with Crippen molar-refractivity contribution in [3.05, 3.63) is 83.8 Å². The molecule has 28 heavy (non-hydrogen) atoms. The first kappa shape index (κ1) is 19.1. The van der Waals surface area contributed by atoms with Crippen LogP contribution in [-0.4, -0.2) is 18.5 Å². The van der Waals surface area contributed by atoms with E-state index >= 15 is 0 Å². The molecule has 0 saturated heterocycles. The Morgan fingerprint density at radius 3 is 2.50 bits per heavy atom. The van der Waals surface area contributed by atoms with Gasteiger partial charge in [-0.25, -0.2) is 13.6 Å². The van der Waals surface area contributed by atoms with E-state index in [9.17, 15) is 18.4 Å². The first-order chi connectivity index (χ1) is 13.5. The number of nitrogens with one attached hydrogen (secondary N) is 1. The van der Waals surface area contributed by atoms with Gasteiger partial charge in [0.1, 0.15) is 18.1 Å². The van der Waals surface area contributed by atoms with Crippen LogP contribution in [0.15, 0.2) is 65.1 Å². The van der Waals surface area contributed by atoms with Crippen molar-refractivity contribution in [1.82, 2.24) is 0 Å². The highest BCUT2D eigenvalue weighted by molar-refractivity contribution is 5.94. The second kappa shape index (κ2) is 8.81. The topological polar surface area (TPSA) is 77.8 Å². The smallest absolute Gasteiger partial charge is 0.374 e. The maximum atomic E-state index is 13.1. The van der Waals surface area contributed by atoms with Crippen LogP contribution in [-0.2, 0) is 16.1 Å². The lowest BCUT2D eigenvalue weighted by atomic mass is 10.3. The van der Waals surface area contributed by atoms with Crippen molar-refractivity contribution in [1.29, 1.82) is 0 Å². The highest BCUT2D eigenvalue weighted by Gasteiger charge is 2.15. The fraction of sp³-hybridized carbons (Fsp3) is 0.100. The van der Waals surface area contributed by atoms with Crippen LogP contribution in [0, 0.1) is 11.6 Å². The number of furan rings is 1. The molecule has 0 unspecified atom stereocenters. The first-order valence-corrected chi connectivity index (χ1v) is 8.20. The molecule has 0 aliphatic heterocycles. The minimum atomic E-state index is -1.10. The van der Waals surface area contributed by atoms with Gasteiger partial charge in [-0.3, -0.25) is 4.79 Å². The maximum Gasteiger partial charge on any atom is 0.374 e. The summed E-state index contributed by atoms with van der Waals surface area (Å²) in [5.74, 6) is -2.72. The number of hydrogen-bond acceptors (Lipinski definition) is 5. The monoisotopic (exact) mass is 387 g/mol. The highest BCUT2D eigenvalue weighted by atomic mass is 19.2. The zero-order chi connectivity index (χ0) is 19.9. The molecule has 3 aromatic rings. The van der Waals surface area contributed by atoms with Crippen LogP contribution in [0.1, 0.15) is 16.3 Å². The van der Waals surface area contributed by atoms with Crippen LogP contribution in [0.3, 0.4) is 0 Å². The summed E-state index contributed by atoms with van der Waals surface area (Å²) in [5.41, 5.74) is 0.0401. The fourth-order valence-corrected chi connectivity index (χ4v) is 2.21. The number of halogens is 2. The molecule has 1 aromatic heterocycles. The van der Waals surface area contributed by atoms with E-state index in [0.717, 1.165) is 12.1 Å². The number of carbonyl (C=O) groups excluding carboxylic acids is 2. The summed E-state index contributed by atoms with van der Waals surface area (Å²) in [5, 5.41) is 2.29. The van der Waals surface area contributed by atoms with Crippen molar-refractivity contribution in [2.24, 2.45) is 0 Å². The molecule has 1 amide bonds. The van der Waals surface area contributed by atoms with Crippen LogP contribution < -0.4 is 10.1 Å². The fourth-order valence-electron chi connectivity index (χ4n) is 2.21. The van der Waals surface area contributed by atoms with Gasteiger partial charge in [0.05, 0.1) is 0 Å². The second-order valence-corrected chi connectivity index (χ2v) is 5.62. The standard InChI is InChI=1S/C20H15F2NO5/c21-16-8-6-13(10-17(16)22)23-19(24)12-27-20(25)18-9-7-15(28-18)11-26-14-4-2-1-3-5-14/h1-10H,11-12H2,(H,23,24). The molecule has 2 aromatic carbocycles. The SMILES string of the molecule is O=C(COC(=O)c1ccc(COc2ccccc2)o1)Nc1ccc(F)c(F)c1. The van der Waals surface area contributed by atoms with Crippen LogP contribution in [0.4, 0.5) is 14.5 Å². The average molecular weight is 387 g/mol. The van der Waals surface area contributed by atoms with Gasteiger partial charge in [-0.15, -0.1) is 0 Å². The summed E-state index contributed by atoms with van der Waals surface area (Å²) in [4.78, 5) is 23.7. The summed E-state index contributed by atoms with van der Waals surface area (Å²) in [6, 6.07) is 14.9. The minimum Gasteiger partial charge on any atom is -0.486 e.